The third-order valence-electron chi connectivity index (χ3n) is 5.86. The Labute approximate surface area is 194 Å². The van der Waals surface area contributed by atoms with Crippen molar-refractivity contribution in [2.24, 2.45) is 0 Å². The summed E-state index contributed by atoms with van der Waals surface area (Å²) in [6, 6.07) is 15.9. The minimum absolute atomic E-state index is 0.0114. The predicted molar refractivity (Wildman–Crippen MR) is 128 cm³/mol. The number of amides is 1. The van der Waals surface area contributed by atoms with Gasteiger partial charge in [0.15, 0.2) is 16.7 Å². The first-order valence-corrected chi connectivity index (χ1v) is 11.5. The minimum atomic E-state index is -0.821. The standard InChI is InChI=1S/C26H22N2O4S/c1-14(2)16-7-9-17(10-8-16)22-21(23(29)19-5-4-12-32-19)24(30)25(31)28(22)26-27-18-11-6-15(3)13-20(18)33-26/h4-14,22,30H,1-3H3. The van der Waals surface area contributed by atoms with Crippen LogP contribution in [0.2, 0.25) is 0 Å². The topological polar surface area (TPSA) is 83.6 Å². The third-order valence-corrected chi connectivity index (χ3v) is 6.87. The van der Waals surface area contributed by atoms with E-state index in [1.807, 2.05) is 49.4 Å². The van der Waals surface area contributed by atoms with Crippen LogP contribution in [0, 0.1) is 6.92 Å². The molecule has 1 atom stereocenters. The van der Waals surface area contributed by atoms with Gasteiger partial charge in [-0.3, -0.25) is 14.5 Å². The lowest BCUT2D eigenvalue weighted by molar-refractivity contribution is -0.117. The van der Waals surface area contributed by atoms with Crippen molar-refractivity contribution in [3.05, 3.63) is 94.6 Å². The number of thiazole rings is 1. The molecule has 1 aliphatic heterocycles. The molecule has 2 aromatic carbocycles. The van der Waals surface area contributed by atoms with Crippen LogP contribution >= 0.6 is 11.3 Å². The predicted octanol–water partition coefficient (Wildman–Crippen LogP) is 6.10. The number of carbonyl (C=O) groups is 2. The van der Waals surface area contributed by atoms with Gasteiger partial charge in [0.2, 0.25) is 5.78 Å². The van der Waals surface area contributed by atoms with Gasteiger partial charge >= 0.3 is 0 Å². The second kappa shape index (κ2) is 8.01. The zero-order valence-electron chi connectivity index (χ0n) is 18.4. The number of aliphatic hydroxyl groups excluding tert-OH is 1. The summed E-state index contributed by atoms with van der Waals surface area (Å²) in [6.45, 7) is 6.19. The Morgan fingerprint density at radius 3 is 2.58 bits per heavy atom. The van der Waals surface area contributed by atoms with Crippen molar-refractivity contribution >= 4 is 38.4 Å². The number of hydrogen-bond acceptors (Lipinski definition) is 6. The largest absolute Gasteiger partial charge is 0.503 e. The van der Waals surface area contributed by atoms with Crippen molar-refractivity contribution in [3.8, 4) is 0 Å². The van der Waals surface area contributed by atoms with Gasteiger partial charge < -0.3 is 9.52 Å². The van der Waals surface area contributed by atoms with Crippen molar-refractivity contribution in [1.29, 1.82) is 0 Å². The van der Waals surface area contributed by atoms with Crippen LogP contribution in [-0.4, -0.2) is 21.8 Å². The Hall–Kier alpha value is -3.71. The first-order valence-electron chi connectivity index (χ1n) is 10.7. The summed E-state index contributed by atoms with van der Waals surface area (Å²) in [5.74, 6) is -1.36. The fourth-order valence-corrected chi connectivity index (χ4v) is 5.17. The lowest BCUT2D eigenvalue weighted by Crippen LogP contribution is -2.31. The molecule has 5 rings (SSSR count). The molecular weight excluding hydrogens is 436 g/mol. The third kappa shape index (κ3) is 3.54. The van der Waals surface area contributed by atoms with Crippen LogP contribution in [0.25, 0.3) is 10.2 Å². The number of benzene rings is 2. The first kappa shape index (κ1) is 21.2. The maximum atomic E-state index is 13.3. The molecule has 1 N–H and O–H groups in total. The highest BCUT2D eigenvalue weighted by atomic mass is 32.1. The molecule has 0 spiro atoms. The fraction of sp³-hybridized carbons (Fsp3) is 0.192. The number of furan rings is 1. The Bertz CT molecular complexity index is 1400. The van der Waals surface area contributed by atoms with Gasteiger partial charge in [-0.2, -0.15) is 0 Å². The van der Waals surface area contributed by atoms with E-state index in [1.165, 1.54) is 28.6 Å². The number of aliphatic hydroxyl groups is 1. The lowest BCUT2D eigenvalue weighted by atomic mass is 9.93. The molecule has 0 bridgehead atoms. The molecule has 166 valence electrons. The highest BCUT2D eigenvalue weighted by Gasteiger charge is 2.46. The molecule has 1 unspecified atom stereocenters. The number of fused-ring (bicyclic) bond motifs is 1. The van der Waals surface area contributed by atoms with E-state index < -0.39 is 23.5 Å². The van der Waals surface area contributed by atoms with E-state index in [2.05, 4.69) is 18.8 Å². The van der Waals surface area contributed by atoms with Gasteiger partial charge in [0.25, 0.3) is 5.91 Å². The number of carbonyl (C=O) groups excluding carboxylic acids is 2. The zero-order valence-corrected chi connectivity index (χ0v) is 19.2. The SMILES string of the molecule is Cc1ccc2nc(N3C(=O)C(O)=C(C(=O)c4ccco4)C3c3ccc(C(C)C)cc3)sc2c1. The molecule has 0 aliphatic carbocycles. The van der Waals surface area contributed by atoms with E-state index in [4.69, 9.17) is 4.42 Å². The molecule has 0 saturated heterocycles. The normalized spacial score (nSPS) is 16.4. The van der Waals surface area contributed by atoms with E-state index >= 15 is 0 Å². The number of aryl methyl sites for hydroxylation is 1. The highest BCUT2D eigenvalue weighted by molar-refractivity contribution is 7.22. The number of anilines is 1. The van der Waals surface area contributed by atoms with Crippen molar-refractivity contribution in [1.82, 2.24) is 4.98 Å². The van der Waals surface area contributed by atoms with Crippen LogP contribution in [0.3, 0.4) is 0 Å². The molecule has 1 aliphatic rings. The average Bonchev–Trinajstić information content (AvgIpc) is 3.52. The maximum Gasteiger partial charge on any atom is 0.296 e. The van der Waals surface area contributed by atoms with Crippen LogP contribution in [0.15, 0.2) is 76.6 Å². The van der Waals surface area contributed by atoms with Crippen LogP contribution in [0.4, 0.5) is 5.13 Å². The van der Waals surface area contributed by atoms with E-state index in [9.17, 15) is 14.7 Å². The number of Topliss-reactive ketones (excluding diaryl/α,β-unsaturated/α-hetero) is 1. The van der Waals surface area contributed by atoms with Crippen molar-refractivity contribution in [2.45, 2.75) is 32.7 Å². The van der Waals surface area contributed by atoms with E-state index in [0.717, 1.165) is 21.3 Å². The molecule has 4 aromatic rings. The van der Waals surface area contributed by atoms with Crippen molar-refractivity contribution < 1.29 is 19.1 Å². The van der Waals surface area contributed by atoms with Crippen molar-refractivity contribution in [2.75, 3.05) is 4.90 Å². The molecule has 33 heavy (non-hydrogen) atoms. The monoisotopic (exact) mass is 458 g/mol. The van der Waals surface area contributed by atoms with Crippen LogP contribution in [-0.2, 0) is 4.79 Å². The van der Waals surface area contributed by atoms with E-state index in [0.29, 0.717) is 16.6 Å². The maximum absolute atomic E-state index is 13.3. The van der Waals surface area contributed by atoms with E-state index in [1.54, 1.807) is 6.07 Å². The smallest absolute Gasteiger partial charge is 0.296 e. The summed E-state index contributed by atoms with van der Waals surface area (Å²) < 4.78 is 6.22. The fourth-order valence-electron chi connectivity index (χ4n) is 4.08. The molecule has 3 heterocycles. The van der Waals surface area contributed by atoms with Gasteiger partial charge in [0, 0.05) is 0 Å². The van der Waals surface area contributed by atoms with E-state index in [-0.39, 0.29) is 11.3 Å². The Morgan fingerprint density at radius 1 is 1.15 bits per heavy atom. The van der Waals surface area contributed by atoms with Gasteiger partial charge in [-0.25, -0.2) is 4.98 Å². The first-order chi connectivity index (χ1) is 15.8. The quantitative estimate of drug-likeness (QED) is 0.365. The number of rotatable bonds is 5. The van der Waals surface area contributed by atoms with Gasteiger partial charge in [-0.05, 0) is 53.8 Å². The van der Waals surface area contributed by atoms with Crippen LogP contribution < -0.4 is 4.90 Å². The second-order valence-corrected chi connectivity index (χ2v) is 9.44. The summed E-state index contributed by atoms with van der Waals surface area (Å²) in [4.78, 5) is 32.7. The number of ketones is 1. The van der Waals surface area contributed by atoms with Crippen LogP contribution in [0.5, 0.6) is 0 Å². The summed E-state index contributed by atoms with van der Waals surface area (Å²) in [6.07, 6.45) is 1.39. The Morgan fingerprint density at radius 2 is 1.91 bits per heavy atom. The number of aromatic nitrogens is 1. The summed E-state index contributed by atoms with van der Waals surface area (Å²) in [5, 5.41) is 11.3. The van der Waals surface area contributed by atoms with Gasteiger partial charge in [0.05, 0.1) is 28.1 Å². The average molecular weight is 459 g/mol. The second-order valence-electron chi connectivity index (χ2n) is 8.44. The van der Waals surface area contributed by atoms with Gasteiger partial charge in [-0.15, -0.1) is 0 Å². The Kier molecular flexibility index (Phi) is 5.13. The van der Waals surface area contributed by atoms with Gasteiger partial charge in [-0.1, -0.05) is 55.5 Å². The molecule has 0 radical (unpaired) electrons. The molecule has 2 aromatic heterocycles. The lowest BCUT2D eigenvalue weighted by Gasteiger charge is -2.24. The number of nitrogens with zero attached hydrogens (tertiary/aromatic N) is 2. The van der Waals surface area contributed by atoms with Crippen molar-refractivity contribution in [3.63, 3.8) is 0 Å². The zero-order chi connectivity index (χ0) is 23.3. The van der Waals surface area contributed by atoms with Crippen LogP contribution in [0.1, 0.15) is 53.1 Å². The Balaban J connectivity index is 1.67. The molecular formula is C26H22N2O4S. The number of hydrogen-bond donors (Lipinski definition) is 1. The molecule has 1 amide bonds. The molecule has 6 nitrogen and oxygen atoms in total. The molecule has 0 fully saturated rings. The summed E-state index contributed by atoms with van der Waals surface area (Å²) in [5.41, 5.74) is 3.68. The summed E-state index contributed by atoms with van der Waals surface area (Å²) in [7, 11) is 0. The minimum Gasteiger partial charge on any atom is -0.503 e. The van der Waals surface area contributed by atoms with Gasteiger partial charge in [0.1, 0.15) is 0 Å². The molecule has 7 heteroatoms. The molecule has 0 saturated carbocycles. The highest BCUT2D eigenvalue weighted by Crippen LogP contribution is 2.44. The summed E-state index contributed by atoms with van der Waals surface area (Å²) >= 11 is 1.35.